The van der Waals surface area contributed by atoms with Gasteiger partial charge in [-0.25, -0.2) is 0 Å². The fourth-order valence-electron chi connectivity index (χ4n) is 8.24. The van der Waals surface area contributed by atoms with E-state index in [1.807, 2.05) is 0 Å². The number of ether oxygens (including phenoxy) is 3. The standard InChI is InChI=1S/C50H90O3/c1-41-18-12-20-43(3)24-16-28-47(7)34-36-51-39-50(40-52-38-49-30-10-9-11-31-49)53-37-35-48(8)29-17-25-44(4)21-13-19-42(2)23-15-27-46(6)33-32-45(5)26-14-22-41/h9-11,30-33,41-48,50H,12-29,34-40H2,1-8H3/t41-,42-,43+,44+,45-,46-,47+,48+,50-/m0/s1. The normalized spacial score (nSPS) is 32.5. The lowest BCUT2D eigenvalue weighted by atomic mass is 9.90. The van der Waals surface area contributed by atoms with E-state index in [1.54, 1.807) is 0 Å². The van der Waals surface area contributed by atoms with E-state index < -0.39 is 0 Å². The Hall–Kier alpha value is -1.16. The van der Waals surface area contributed by atoms with Gasteiger partial charge in [0, 0.05) is 13.2 Å². The van der Waals surface area contributed by atoms with Crippen LogP contribution in [0.5, 0.6) is 0 Å². The third kappa shape index (κ3) is 27.1. The summed E-state index contributed by atoms with van der Waals surface area (Å²) in [7, 11) is 0. The maximum absolute atomic E-state index is 6.42. The summed E-state index contributed by atoms with van der Waals surface area (Å²) in [5, 5.41) is 0. The molecule has 1 aliphatic heterocycles. The quantitative estimate of drug-likeness (QED) is 0.288. The van der Waals surface area contributed by atoms with Crippen LogP contribution in [0.3, 0.4) is 0 Å². The van der Waals surface area contributed by atoms with Gasteiger partial charge in [-0.1, -0.05) is 201 Å². The van der Waals surface area contributed by atoms with Crippen molar-refractivity contribution in [2.24, 2.45) is 47.3 Å². The molecule has 0 radical (unpaired) electrons. The van der Waals surface area contributed by atoms with Gasteiger partial charge in [-0.05, 0) is 78.6 Å². The van der Waals surface area contributed by atoms with Gasteiger partial charge in [0.2, 0.25) is 0 Å². The zero-order valence-corrected chi connectivity index (χ0v) is 36.6. The predicted molar refractivity (Wildman–Crippen MR) is 231 cm³/mol. The average molecular weight is 739 g/mol. The summed E-state index contributed by atoms with van der Waals surface area (Å²) >= 11 is 0. The molecule has 0 unspecified atom stereocenters. The molecule has 3 nitrogen and oxygen atoms in total. The van der Waals surface area contributed by atoms with Crippen molar-refractivity contribution >= 4 is 0 Å². The molecule has 3 heteroatoms. The maximum Gasteiger partial charge on any atom is 0.104 e. The molecular formula is C50H90O3. The molecule has 1 aromatic rings. The van der Waals surface area contributed by atoms with E-state index in [0.717, 1.165) is 55.6 Å². The second kappa shape index (κ2) is 31.0. The Morgan fingerprint density at radius 2 is 0.849 bits per heavy atom. The molecule has 0 aliphatic carbocycles. The predicted octanol–water partition coefficient (Wildman–Crippen LogP) is 15.1. The van der Waals surface area contributed by atoms with E-state index in [-0.39, 0.29) is 6.10 Å². The second-order valence-corrected chi connectivity index (χ2v) is 18.7. The molecule has 1 aliphatic rings. The maximum atomic E-state index is 6.42. The Kier molecular flexibility index (Phi) is 28.1. The van der Waals surface area contributed by atoms with Crippen LogP contribution in [0.4, 0.5) is 0 Å². The van der Waals surface area contributed by atoms with Crippen molar-refractivity contribution in [3.63, 3.8) is 0 Å². The zero-order valence-electron chi connectivity index (χ0n) is 36.6. The highest BCUT2D eigenvalue weighted by atomic mass is 16.6. The summed E-state index contributed by atoms with van der Waals surface area (Å²) in [6.07, 6.45) is 31.9. The molecule has 53 heavy (non-hydrogen) atoms. The molecule has 0 saturated carbocycles. The van der Waals surface area contributed by atoms with Crippen LogP contribution >= 0.6 is 0 Å². The van der Waals surface area contributed by atoms with Crippen molar-refractivity contribution in [2.75, 3.05) is 26.4 Å². The van der Waals surface area contributed by atoms with Gasteiger partial charge in [0.1, 0.15) is 6.10 Å². The Bertz CT molecular complexity index is 976. The molecule has 0 saturated heterocycles. The van der Waals surface area contributed by atoms with Crippen LogP contribution in [0.1, 0.15) is 189 Å². The van der Waals surface area contributed by atoms with Gasteiger partial charge in [-0.15, -0.1) is 0 Å². The Morgan fingerprint density at radius 1 is 0.472 bits per heavy atom. The Morgan fingerprint density at radius 3 is 1.28 bits per heavy atom. The Balaban J connectivity index is 1.83. The minimum Gasteiger partial charge on any atom is -0.379 e. The van der Waals surface area contributed by atoms with E-state index in [1.165, 1.54) is 121 Å². The molecule has 1 heterocycles. The SMILES string of the molecule is C[C@@H]1CCC[C@H](C)CCC[C@H](C)C=C[C@@H](C)CCC[C@@H](C)CCC[C@@H](C)CCC[C@@H](C)CCO[C@H](COCc2ccccc2)COCC[C@H](C)CCC1. The highest BCUT2D eigenvalue weighted by molar-refractivity contribution is 5.13. The lowest BCUT2D eigenvalue weighted by Gasteiger charge is -2.21. The average Bonchev–Trinajstić information content (AvgIpc) is 3.12. The molecule has 0 bridgehead atoms. The number of hydrogen-bond acceptors (Lipinski definition) is 3. The first-order chi connectivity index (χ1) is 25.6. The van der Waals surface area contributed by atoms with E-state index in [4.69, 9.17) is 14.2 Å². The van der Waals surface area contributed by atoms with Crippen LogP contribution in [0.25, 0.3) is 0 Å². The van der Waals surface area contributed by atoms with Gasteiger partial charge in [-0.3, -0.25) is 0 Å². The monoisotopic (exact) mass is 739 g/mol. The molecule has 308 valence electrons. The van der Waals surface area contributed by atoms with Crippen molar-refractivity contribution in [2.45, 2.75) is 197 Å². The molecule has 1 aromatic carbocycles. The van der Waals surface area contributed by atoms with Gasteiger partial charge < -0.3 is 14.2 Å². The van der Waals surface area contributed by atoms with E-state index in [2.05, 4.69) is 97.9 Å². The van der Waals surface area contributed by atoms with Crippen LogP contribution in [0.15, 0.2) is 42.5 Å². The van der Waals surface area contributed by atoms with Crippen molar-refractivity contribution in [1.29, 1.82) is 0 Å². The van der Waals surface area contributed by atoms with Crippen LogP contribution in [0, 0.1) is 47.3 Å². The molecule has 0 spiro atoms. The summed E-state index contributed by atoms with van der Waals surface area (Å²) in [6.45, 7) is 23.0. The van der Waals surface area contributed by atoms with Crippen LogP contribution in [-0.2, 0) is 20.8 Å². The van der Waals surface area contributed by atoms with E-state index in [0.29, 0.717) is 37.6 Å². The van der Waals surface area contributed by atoms with Crippen molar-refractivity contribution in [1.82, 2.24) is 0 Å². The number of hydrogen-bond donors (Lipinski definition) is 0. The minimum absolute atomic E-state index is 0.00669. The topological polar surface area (TPSA) is 27.7 Å². The van der Waals surface area contributed by atoms with Gasteiger partial charge in [0.25, 0.3) is 0 Å². The highest BCUT2D eigenvalue weighted by Gasteiger charge is 2.14. The number of rotatable bonds is 4. The molecule has 9 atom stereocenters. The number of benzene rings is 1. The lowest BCUT2D eigenvalue weighted by Crippen LogP contribution is -2.27. The summed E-state index contributed by atoms with van der Waals surface area (Å²) in [5.74, 6) is 6.25. The fraction of sp³-hybridized carbons (Fsp3) is 0.840. The van der Waals surface area contributed by atoms with Gasteiger partial charge in [-0.2, -0.15) is 0 Å². The first-order valence-corrected chi connectivity index (χ1v) is 23.1. The highest BCUT2D eigenvalue weighted by Crippen LogP contribution is 2.25. The van der Waals surface area contributed by atoms with Gasteiger partial charge >= 0.3 is 0 Å². The summed E-state index contributed by atoms with van der Waals surface area (Å²) in [5.41, 5.74) is 1.21. The fourth-order valence-corrected chi connectivity index (χ4v) is 8.24. The van der Waals surface area contributed by atoms with E-state index in [9.17, 15) is 0 Å². The molecule has 0 amide bonds. The lowest BCUT2D eigenvalue weighted by molar-refractivity contribution is -0.0670. The van der Waals surface area contributed by atoms with Gasteiger partial charge in [0.15, 0.2) is 0 Å². The largest absolute Gasteiger partial charge is 0.379 e. The summed E-state index contributed by atoms with van der Waals surface area (Å²) in [4.78, 5) is 0. The van der Waals surface area contributed by atoms with Gasteiger partial charge in [0.05, 0.1) is 19.8 Å². The molecule has 0 N–H and O–H groups in total. The minimum atomic E-state index is -0.00669. The van der Waals surface area contributed by atoms with Crippen molar-refractivity contribution in [3.8, 4) is 0 Å². The third-order valence-electron chi connectivity index (χ3n) is 12.5. The van der Waals surface area contributed by atoms with Crippen molar-refractivity contribution in [3.05, 3.63) is 48.0 Å². The summed E-state index contributed by atoms with van der Waals surface area (Å²) < 4.78 is 18.8. The molecular weight excluding hydrogens is 649 g/mol. The van der Waals surface area contributed by atoms with Crippen LogP contribution < -0.4 is 0 Å². The van der Waals surface area contributed by atoms with Crippen LogP contribution in [0.2, 0.25) is 0 Å². The third-order valence-corrected chi connectivity index (χ3v) is 12.5. The number of allylic oxidation sites excluding steroid dienone is 2. The van der Waals surface area contributed by atoms with E-state index >= 15 is 0 Å². The Labute approximate surface area is 331 Å². The molecule has 0 aromatic heterocycles. The molecule has 0 fully saturated rings. The van der Waals surface area contributed by atoms with Crippen LogP contribution in [-0.4, -0.2) is 32.5 Å². The molecule has 2 rings (SSSR count). The smallest absolute Gasteiger partial charge is 0.104 e. The summed E-state index contributed by atoms with van der Waals surface area (Å²) in [6, 6.07) is 10.5. The first-order valence-electron chi connectivity index (χ1n) is 23.1. The second-order valence-electron chi connectivity index (χ2n) is 18.7. The zero-order chi connectivity index (χ0) is 38.5. The van der Waals surface area contributed by atoms with Crippen molar-refractivity contribution < 1.29 is 14.2 Å². The first kappa shape index (κ1) is 48.0.